The van der Waals surface area contributed by atoms with Gasteiger partial charge in [0, 0.05) is 31.9 Å². The van der Waals surface area contributed by atoms with Gasteiger partial charge in [-0.3, -0.25) is 9.78 Å². The molecule has 1 aromatic carbocycles. The summed E-state index contributed by atoms with van der Waals surface area (Å²) in [6, 6.07) is 10.2. The Hall–Kier alpha value is -2.25. The van der Waals surface area contributed by atoms with Crippen LogP contribution >= 0.6 is 0 Å². The number of aromatic nitrogens is 1. The minimum atomic E-state index is -3.61. The van der Waals surface area contributed by atoms with Gasteiger partial charge < -0.3 is 4.90 Å². The van der Waals surface area contributed by atoms with E-state index in [-0.39, 0.29) is 10.8 Å². The van der Waals surface area contributed by atoms with E-state index in [4.69, 9.17) is 0 Å². The highest BCUT2D eigenvalue weighted by Gasteiger charge is 2.24. The first-order chi connectivity index (χ1) is 12.3. The van der Waals surface area contributed by atoms with Crippen molar-refractivity contribution in [1.29, 1.82) is 0 Å². The predicted molar refractivity (Wildman–Crippen MR) is 101 cm³/mol. The van der Waals surface area contributed by atoms with Crippen molar-refractivity contribution in [2.75, 3.05) is 20.1 Å². The molecule has 0 N–H and O–H groups in total. The van der Waals surface area contributed by atoms with E-state index >= 15 is 0 Å². The normalized spacial score (nSPS) is 11.6. The molecule has 0 atom stereocenters. The first kappa shape index (κ1) is 20.1. The van der Waals surface area contributed by atoms with Gasteiger partial charge in [0.25, 0.3) is 5.91 Å². The van der Waals surface area contributed by atoms with Crippen LogP contribution in [0.3, 0.4) is 0 Å². The molecule has 1 aromatic heterocycles. The maximum Gasteiger partial charge on any atom is 0.254 e. The standard InChI is InChI=1S/C19H25N3O3S/c1-5-22(6-2)26(24,25)17-11-10-15(3)18(13-17)19(23)21(4)14-16-9-7-8-12-20-16/h7-13H,5-6,14H2,1-4H3. The smallest absolute Gasteiger partial charge is 0.254 e. The third-order valence-electron chi connectivity index (χ3n) is 4.25. The highest BCUT2D eigenvalue weighted by atomic mass is 32.2. The van der Waals surface area contributed by atoms with Crippen molar-refractivity contribution in [3.8, 4) is 0 Å². The van der Waals surface area contributed by atoms with Crippen molar-refractivity contribution in [3.63, 3.8) is 0 Å². The Kier molecular flexibility index (Phi) is 6.50. The topological polar surface area (TPSA) is 70.6 Å². The van der Waals surface area contributed by atoms with E-state index in [9.17, 15) is 13.2 Å². The number of nitrogens with zero attached hydrogens (tertiary/aromatic N) is 3. The van der Waals surface area contributed by atoms with Gasteiger partial charge in [-0.05, 0) is 36.8 Å². The van der Waals surface area contributed by atoms with Gasteiger partial charge in [-0.1, -0.05) is 26.0 Å². The van der Waals surface area contributed by atoms with Crippen LogP contribution in [-0.2, 0) is 16.6 Å². The molecule has 0 fully saturated rings. The zero-order valence-corrected chi connectivity index (χ0v) is 16.5. The van der Waals surface area contributed by atoms with Crippen LogP contribution in [0, 0.1) is 6.92 Å². The van der Waals surface area contributed by atoms with Crippen molar-refractivity contribution < 1.29 is 13.2 Å². The second-order valence-corrected chi connectivity index (χ2v) is 7.99. The van der Waals surface area contributed by atoms with Crippen molar-refractivity contribution in [2.24, 2.45) is 0 Å². The summed E-state index contributed by atoms with van der Waals surface area (Å²) in [5.74, 6) is -0.232. The molecule has 0 saturated heterocycles. The third kappa shape index (κ3) is 4.28. The average Bonchev–Trinajstić information content (AvgIpc) is 2.63. The number of hydrogen-bond acceptors (Lipinski definition) is 4. The SMILES string of the molecule is CCN(CC)S(=O)(=O)c1ccc(C)c(C(=O)N(C)Cc2ccccn2)c1. The van der Waals surface area contributed by atoms with Gasteiger partial charge in [0.2, 0.25) is 10.0 Å². The molecule has 0 aliphatic rings. The van der Waals surface area contributed by atoms with Crippen molar-refractivity contribution in [2.45, 2.75) is 32.2 Å². The second kappa shape index (κ2) is 8.42. The molecule has 6 nitrogen and oxygen atoms in total. The van der Waals surface area contributed by atoms with Crippen LogP contribution in [0.5, 0.6) is 0 Å². The number of sulfonamides is 1. The molecule has 7 heteroatoms. The first-order valence-electron chi connectivity index (χ1n) is 8.57. The molecule has 0 unspecified atom stereocenters. The summed E-state index contributed by atoms with van der Waals surface area (Å²) in [4.78, 5) is 18.8. The molecule has 1 heterocycles. The maximum atomic E-state index is 12.8. The minimum Gasteiger partial charge on any atom is -0.336 e. The van der Waals surface area contributed by atoms with Crippen LogP contribution in [0.25, 0.3) is 0 Å². The van der Waals surface area contributed by atoms with Crippen LogP contribution in [0.2, 0.25) is 0 Å². The van der Waals surface area contributed by atoms with Gasteiger partial charge in [-0.25, -0.2) is 8.42 Å². The van der Waals surface area contributed by atoms with E-state index in [2.05, 4.69) is 4.98 Å². The lowest BCUT2D eigenvalue weighted by molar-refractivity contribution is 0.0782. The molecule has 2 aromatic rings. The molecule has 0 saturated carbocycles. The number of pyridine rings is 1. The quantitative estimate of drug-likeness (QED) is 0.746. The minimum absolute atomic E-state index is 0.140. The van der Waals surface area contributed by atoms with Crippen LogP contribution in [0.4, 0.5) is 0 Å². The van der Waals surface area contributed by atoms with Gasteiger partial charge in [-0.15, -0.1) is 0 Å². The highest BCUT2D eigenvalue weighted by molar-refractivity contribution is 7.89. The summed E-state index contributed by atoms with van der Waals surface area (Å²) in [6.07, 6.45) is 1.68. The molecule has 26 heavy (non-hydrogen) atoms. The molecule has 0 aliphatic carbocycles. The Morgan fingerprint density at radius 1 is 1.12 bits per heavy atom. The summed E-state index contributed by atoms with van der Waals surface area (Å²) < 4.78 is 26.8. The lowest BCUT2D eigenvalue weighted by Gasteiger charge is -2.21. The Morgan fingerprint density at radius 2 is 1.81 bits per heavy atom. The van der Waals surface area contributed by atoms with Gasteiger partial charge in [0.15, 0.2) is 0 Å². The summed E-state index contributed by atoms with van der Waals surface area (Å²) in [5, 5.41) is 0. The molecule has 0 bridgehead atoms. The molecule has 0 aliphatic heterocycles. The number of rotatable bonds is 7. The number of carbonyl (C=O) groups is 1. The Morgan fingerprint density at radius 3 is 2.38 bits per heavy atom. The van der Waals surface area contributed by atoms with E-state index in [0.717, 1.165) is 11.3 Å². The van der Waals surface area contributed by atoms with Gasteiger partial charge >= 0.3 is 0 Å². The molecule has 1 amide bonds. The number of aryl methyl sites for hydroxylation is 1. The maximum absolute atomic E-state index is 12.8. The van der Waals surface area contributed by atoms with E-state index < -0.39 is 10.0 Å². The monoisotopic (exact) mass is 375 g/mol. The predicted octanol–water partition coefficient (Wildman–Crippen LogP) is 2.69. The van der Waals surface area contributed by atoms with Crippen LogP contribution in [-0.4, -0.2) is 48.7 Å². The van der Waals surface area contributed by atoms with Gasteiger partial charge in [0.1, 0.15) is 0 Å². The van der Waals surface area contributed by atoms with E-state index in [1.165, 1.54) is 10.4 Å². The van der Waals surface area contributed by atoms with Crippen LogP contribution < -0.4 is 0 Å². The third-order valence-corrected chi connectivity index (χ3v) is 6.30. The summed E-state index contributed by atoms with van der Waals surface area (Å²) in [6.45, 7) is 6.51. The van der Waals surface area contributed by atoms with E-state index in [1.54, 1.807) is 51.0 Å². The Balaban J connectivity index is 2.33. The molecule has 0 spiro atoms. The van der Waals surface area contributed by atoms with Crippen molar-refractivity contribution >= 4 is 15.9 Å². The van der Waals surface area contributed by atoms with Crippen LogP contribution in [0.15, 0.2) is 47.5 Å². The average molecular weight is 375 g/mol. The summed E-state index contributed by atoms with van der Waals surface area (Å²) in [7, 11) is -1.93. The van der Waals surface area contributed by atoms with Crippen molar-refractivity contribution in [1.82, 2.24) is 14.2 Å². The molecule has 2 rings (SSSR count). The van der Waals surface area contributed by atoms with Crippen molar-refractivity contribution in [3.05, 3.63) is 59.4 Å². The fraction of sp³-hybridized carbons (Fsp3) is 0.368. The largest absolute Gasteiger partial charge is 0.336 e. The number of carbonyl (C=O) groups excluding carboxylic acids is 1. The Labute approximate surface area is 155 Å². The molecule has 0 radical (unpaired) electrons. The molecular weight excluding hydrogens is 350 g/mol. The zero-order chi connectivity index (χ0) is 19.3. The number of amides is 1. The highest BCUT2D eigenvalue weighted by Crippen LogP contribution is 2.21. The fourth-order valence-electron chi connectivity index (χ4n) is 2.72. The molecule has 140 valence electrons. The van der Waals surface area contributed by atoms with Crippen LogP contribution in [0.1, 0.15) is 35.5 Å². The summed E-state index contributed by atoms with van der Waals surface area (Å²) >= 11 is 0. The summed E-state index contributed by atoms with van der Waals surface area (Å²) in [5.41, 5.74) is 1.89. The fourth-order valence-corrected chi connectivity index (χ4v) is 4.20. The van der Waals surface area contributed by atoms with E-state index in [0.29, 0.717) is 25.2 Å². The lowest BCUT2D eigenvalue weighted by atomic mass is 10.1. The van der Waals surface area contributed by atoms with E-state index in [1.807, 2.05) is 18.2 Å². The second-order valence-electron chi connectivity index (χ2n) is 6.05. The molecular formula is C19H25N3O3S. The number of hydrogen-bond donors (Lipinski definition) is 0. The Bertz CT molecular complexity index is 863. The number of benzene rings is 1. The first-order valence-corrected chi connectivity index (χ1v) is 10.0. The zero-order valence-electron chi connectivity index (χ0n) is 15.6. The van der Waals surface area contributed by atoms with Gasteiger partial charge in [0.05, 0.1) is 17.1 Å². The lowest BCUT2D eigenvalue weighted by Crippen LogP contribution is -2.31. The van der Waals surface area contributed by atoms with Gasteiger partial charge in [-0.2, -0.15) is 4.31 Å².